The lowest BCUT2D eigenvalue weighted by Crippen LogP contribution is -2.34. The monoisotopic (exact) mass is 265 g/mol. The molecule has 1 aromatic rings. The Kier molecular flexibility index (Phi) is 6.15. The first-order valence-corrected chi connectivity index (χ1v) is 6.43. The molecule has 0 aliphatic rings. The summed E-state index contributed by atoms with van der Waals surface area (Å²) in [6.07, 6.45) is 1.01. The van der Waals surface area contributed by atoms with Crippen molar-refractivity contribution in [3.8, 4) is 5.75 Å². The van der Waals surface area contributed by atoms with Crippen molar-refractivity contribution in [2.75, 3.05) is 20.2 Å². The van der Waals surface area contributed by atoms with Gasteiger partial charge in [-0.1, -0.05) is 29.8 Å². The highest BCUT2D eigenvalue weighted by atomic mass is 16.5. The van der Waals surface area contributed by atoms with Crippen molar-refractivity contribution in [1.29, 1.82) is 0 Å². The van der Waals surface area contributed by atoms with Gasteiger partial charge in [-0.05, 0) is 26.0 Å². The molecule has 5 nitrogen and oxygen atoms in total. The number of nitrogens with zero attached hydrogens (tertiary/aromatic N) is 2. The van der Waals surface area contributed by atoms with Crippen LogP contribution in [0.5, 0.6) is 5.75 Å². The van der Waals surface area contributed by atoms with Crippen LogP contribution in [0.4, 0.5) is 0 Å². The molecule has 0 heterocycles. The van der Waals surface area contributed by atoms with Gasteiger partial charge in [0, 0.05) is 12.1 Å². The zero-order chi connectivity index (χ0) is 14.3. The van der Waals surface area contributed by atoms with Gasteiger partial charge in [0.05, 0.1) is 13.7 Å². The smallest absolute Gasteiger partial charge is 0.153 e. The van der Waals surface area contributed by atoms with E-state index in [0.717, 1.165) is 30.8 Å². The Balaban J connectivity index is 2.86. The van der Waals surface area contributed by atoms with Crippen LogP contribution in [-0.4, -0.2) is 36.1 Å². The molecule has 0 saturated heterocycles. The summed E-state index contributed by atoms with van der Waals surface area (Å²) in [5.74, 6) is 1.09. The zero-order valence-electron chi connectivity index (χ0n) is 11.9. The highest BCUT2D eigenvalue weighted by Crippen LogP contribution is 2.21. The molecule has 0 saturated carbocycles. The Bertz CT molecular complexity index is 433. The first-order valence-electron chi connectivity index (χ1n) is 6.43. The number of aryl methyl sites for hydroxylation is 1. The Hall–Kier alpha value is -1.75. The average molecular weight is 265 g/mol. The van der Waals surface area contributed by atoms with E-state index < -0.39 is 0 Å². The number of rotatable bonds is 7. The molecule has 0 bridgehead atoms. The molecule has 0 aliphatic carbocycles. The van der Waals surface area contributed by atoms with Gasteiger partial charge in [0.15, 0.2) is 5.84 Å². The summed E-state index contributed by atoms with van der Waals surface area (Å²) in [6, 6.07) is 6.10. The molecule has 0 atom stereocenters. The normalized spacial score (nSPS) is 11.9. The Morgan fingerprint density at radius 1 is 1.47 bits per heavy atom. The van der Waals surface area contributed by atoms with E-state index in [4.69, 9.17) is 15.7 Å². The lowest BCUT2D eigenvalue weighted by atomic mass is 10.1. The molecule has 19 heavy (non-hydrogen) atoms. The summed E-state index contributed by atoms with van der Waals surface area (Å²) in [7, 11) is 1.67. The van der Waals surface area contributed by atoms with Crippen LogP contribution in [-0.2, 0) is 6.54 Å². The Morgan fingerprint density at radius 2 is 2.21 bits per heavy atom. The molecule has 0 amide bonds. The molecule has 0 aliphatic heterocycles. The summed E-state index contributed by atoms with van der Waals surface area (Å²) in [5.41, 5.74) is 7.89. The SMILES string of the molecule is CCCN(CC(N)=NO)Cc1cc(C)ccc1OC. The van der Waals surface area contributed by atoms with Gasteiger partial charge in [0.25, 0.3) is 0 Å². The summed E-state index contributed by atoms with van der Waals surface area (Å²) in [5, 5.41) is 11.7. The van der Waals surface area contributed by atoms with Gasteiger partial charge in [0.1, 0.15) is 5.75 Å². The molecule has 0 spiro atoms. The summed E-state index contributed by atoms with van der Waals surface area (Å²) in [4.78, 5) is 2.13. The van der Waals surface area contributed by atoms with E-state index in [1.165, 1.54) is 5.56 Å². The van der Waals surface area contributed by atoms with Gasteiger partial charge >= 0.3 is 0 Å². The summed E-state index contributed by atoms with van der Waals surface area (Å²) >= 11 is 0. The van der Waals surface area contributed by atoms with E-state index in [9.17, 15) is 0 Å². The summed E-state index contributed by atoms with van der Waals surface area (Å²) < 4.78 is 5.37. The number of hydrogen-bond acceptors (Lipinski definition) is 4. The molecular formula is C14H23N3O2. The molecule has 3 N–H and O–H groups in total. The summed E-state index contributed by atoms with van der Waals surface area (Å²) in [6.45, 7) is 6.20. The minimum absolute atomic E-state index is 0.222. The maximum absolute atomic E-state index is 8.67. The highest BCUT2D eigenvalue weighted by Gasteiger charge is 2.11. The van der Waals surface area contributed by atoms with Gasteiger partial charge in [-0.2, -0.15) is 0 Å². The van der Waals surface area contributed by atoms with Gasteiger partial charge in [-0.3, -0.25) is 4.90 Å². The Labute approximate surface area is 114 Å². The third kappa shape index (κ3) is 4.79. The van der Waals surface area contributed by atoms with Crippen LogP contribution >= 0.6 is 0 Å². The van der Waals surface area contributed by atoms with Crippen molar-refractivity contribution < 1.29 is 9.94 Å². The lowest BCUT2D eigenvalue weighted by molar-refractivity contribution is 0.282. The molecule has 1 rings (SSSR count). The van der Waals surface area contributed by atoms with Crippen LogP contribution in [0.15, 0.2) is 23.4 Å². The quantitative estimate of drug-likeness (QED) is 0.342. The van der Waals surface area contributed by atoms with Crippen LogP contribution in [0, 0.1) is 6.92 Å². The van der Waals surface area contributed by atoms with Crippen molar-refractivity contribution >= 4 is 5.84 Å². The number of nitrogens with two attached hydrogens (primary N) is 1. The van der Waals surface area contributed by atoms with Crippen LogP contribution in [0.25, 0.3) is 0 Å². The number of ether oxygens (including phenoxy) is 1. The maximum Gasteiger partial charge on any atom is 0.153 e. The first kappa shape index (κ1) is 15.3. The molecule has 0 unspecified atom stereocenters. The van der Waals surface area contributed by atoms with Crippen molar-refractivity contribution in [3.05, 3.63) is 29.3 Å². The molecule has 5 heteroatoms. The third-order valence-corrected chi connectivity index (χ3v) is 2.88. The number of methoxy groups -OCH3 is 1. The van der Waals surface area contributed by atoms with E-state index in [1.54, 1.807) is 7.11 Å². The fraction of sp³-hybridized carbons (Fsp3) is 0.500. The molecule has 0 fully saturated rings. The van der Waals surface area contributed by atoms with Crippen molar-refractivity contribution in [2.45, 2.75) is 26.8 Å². The second-order valence-corrected chi connectivity index (χ2v) is 4.62. The van der Waals surface area contributed by atoms with E-state index in [0.29, 0.717) is 6.54 Å². The minimum atomic E-state index is 0.222. The van der Waals surface area contributed by atoms with Crippen LogP contribution < -0.4 is 10.5 Å². The van der Waals surface area contributed by atoms with Crippen LogP contribution in [0.2, 0.25) is 0 Å². The fourth-order valence-corrected chi connectivity index (χ4v) is 2.06. The fourth-order valence-electron chi connectivity index (χ4n) is 2.06. The molecule has 106 valence electrons. The highest BCUT2D eigenvalue weighted by molar-refractivity contribution is 5.81. The molecule has 1 aromatic carbocycles. The standard InChI is InChI=1S/C14H23N3O2/c1-4-7-17(10-14(15)16-18)9-12-8-11(2)5-6-13(12)19-3/h5-6,8,18H,4,7,9-10H2,1-3H3,(H2,15,16). The number of benzene rings is 1. The van der Waals surface area contributed by atoms with E-state index in [-0.39, 0.29) is 5.84 Å². The average Bonchev–Trinajstić information content (AvgIpc) is 2.39. The lowest BCUT2D eigenvalue weighted by Gasteiger charge is -2.22. The number of amidine groups is 1. The van der Waals surface area contributed by atoms with Gasteiger partial charge in [-0.25, -0.2) is 0 Å². The third-order valence-electron chi connectivity index (χ3n) is 2.88. The Morgan fingerprint density at radius 3 is 2.79 bits per heavy atom. The van der Waals surface area contributed by atoms with Crippen molar-refractivity contribution in [1.82, 2.24) is 4.90 Å². The largest absolute Gasteiger partial charge is 0.496 e. The van der Waals surface area contributed by atoms with Crippen LogP contribution in [0.3, 0.4) is 0 Å². The molecule has 0 aromatic heterocycles. The number of oxime groups is 1. The topological polar surface area (TPSA) is 71.1 Å². The van der Waals surface area contributed by atoms with Gasteiger partial charge < -0.3 is 15.7 Å². The second-order valence-electron chi connectivity index (χ2n) is 4.62. The molecular weight excluding hydrogens is 242 g/mol. The maximum atomic E-state index is 8.67. The predicted octanol–water partition coefficient (Wildman–Crippen LogP) is 1.96. The van der Waals surface area contributed by atoms with Crippen LogP contribution in [0.1, 0.15) is 24.5 Å². The van der Waals surface area contributed by atoms with Crippen molar-refractivity contribution in [3.63, 3.8) is 0 Å². The predicted molar refractivity (Wildman–Crippen MR) is 76.7 cm³/mol. The van der Waals surface area contributed by atoms with Crippen molar-refractivity contribution in [2.24, 2.45) is 10.9 Å². The molecule has 0 radical (unpaired) electrons. The van der Waals surface area contributed by atoms with E-state index in [1.807, 2.05) is 12.1 Å². The minimum Gasteiger partial charge on any atom is -0.496 e. The van der Waals surface area contributed by atoms with Gasteiger partial charge in [0.2, 0.25) is 0 Å². The van der Waals surface area contributed by atoms with Gasteiger partial charge in [-0.15, -0.1) is 0 Å². The van der Waals surface area contributed by atoms with E-state index >= 15 is 0 Å². The first-order chi connectivity index (χ1) is 9.10. The second kappa shape index (κ2) is 7.63. The van der Waals surface area contributed by atoms with E-state index in [2.05, 4.69) is 30.0 Å². The zero-order valence-corrected chi connectivity index (χ0v) is 11.9. The number of hydrogen-bond donors (Lipinski definition) is 2.